The number of esters is 8. The van der Waals surface area contributed by atoms with E-state index in [1.165, 1.54) is 0 Å². The second kappa shape index (κ2) is 27.4. The van der Waals surface area contributed by atoms with Gasteiger partial charge in [0, 0.05) is 28.8 Å². The van der Waals surface area contributed by atoms with Crippen LogP contribution in [0.1, 0.15) is 84.0 Å². The van der Waals surface area contributed by atoms with Gasteiger partial charge in [-0.1, -0.05) is 0 Å². The Morgan fingerprint density at radius 3 is 1.49 bits per heavy atom. The third-order valence-corrected chi connectivity index (χ3v) is 18.3. The lowest BCUT2D eigenvalue weighted by molar-refractivity contribution is -0.339. The lowest BCUT2D eigenvalue weighted by atomic mass is 9.70. The molecule has 6 bridgehead atoms. The van der Waals surface area contributed by atoms with Crippen molar-refractivity contribution in [1.29, 1.82) is 0 Å². The second-order valence-corrected chi connectivity index (χ2v) is 25.1. The topological polar surface area (TPSA) is 750 Å². The van der Waals surface area contributed by atoms with Crippen LogP contribution in [0.25, 0.3) is 11.1 Å². The highest BCUT2D eigenvalue weighted by atomic mass is 16.8. The number of hydrogen-bond acceptors (Lipinski definition) is 45. The average Bonchev–Trinajstić information content (AvgIpc) is 1.59. The van der Waals surface area contributed by atoms with Gasteiger partial charge in [-0.05, 0) is 54.6 Å². The summed E-state index contributed by atoms with van der Waals surface area (Å²) >= 11 is 0. The number of fused-ring (bicyclic) bond motifs is 4. The lowest BCUT2D eigenvalue weighted by Crippen LogP contribution is -2.70. The molecule has 2 fully saturated rings. The van der Waals surface area contributed by atoms with Gasteiger partial charge in [-0.2, -0.15) is 0 Å². The lowest BCUT2D eigenvalue weighted by Gasteiger charge is -2.49. The van der Waals surface area contributed by atoms with E-state index in [4.69, 9.17) is 56.8 Å². The summed E-state index contributed by atoms with van der Waals surface area (Å²) in [6.45, 7) is -2.83. The molecule has 7 aromatic rings. The molecule has 2 saturated heterocycles. The van der Waals surface area contributed by atoms with Crippen molar-refractivity contribution in [2.75, 3.05) is 13.2 Å². The number of ether oxygens (including phenoxy) is 12. The van der Waals surface area contributed by atoms with Gasteiger partial charge in [0.1, 0.15) is 43.2 Å². The molecule has 6 aliphatic rings. The second-order valence-electron chi connectivity index (χ2n) is 25.1. The van der Waals surface area contributed by atoms with Crippen LogP contribution in [0.2, 0.25) is 0 Å². The fourth-order valence-corrected chi connectivity index (χ4v) is 12.6. The summed E-state index contributed by atoms with van der Waals surface area (Å²) in [5.41, 5.74) is -13.4. The molecule has 45 nitrogen and oxygen atoms in total. The molecule has 1 aliphatic carbocycles. The monoisotopic (exact) mass is 1590 g/mol. The highest BCUT2D eigenvalue weighted by molar-refractivity contribution is 6.10. The molecular weight excluding hydrogens is 1540 g/mol. The van der Waals surface area contributed by atoms with Crippen molar-refractivity contribution in [1.82, 2.24) is 0 Å². The van der Waals surface area contributed by atoms with Gasteiger partial charge in [0.25, 0.3) is 5.79 Å². The molecule has 113 heavy (non-hydrogen) atoms. The Balaban J connectivity index is 0.907. The Morgan fingerprint density at radius 2 is 0.912 bits per heavy atom. The van der Waals surface area contributed by atoms with Crippen molar-refractivity contribution >= 4 is 53.5 Å². The van der Waals surface area contributed by atoms with Gasteiger partial charge in [0.05, 0.1) is 44.9 Å². The number of aliphatic hydroxyl groups excluding tert-OH is 2. The SMILES string of the molecule is O=C1O[C@H]2[C@@H]3OC(=O)c4cc(O)c(O)c(O)c4-c4c(cc(Oc5c(C(=O)O[C@H]6[C@H](OC(=O)c7cc(O)c(O)c(O)c7)O[C@H](COC(=O)c7cc(O)c(O)c(O)c7)[C@@H](O)[C@@H]6O)cc(O)c(O)c5O)c(O)c4O)C(=O)OC[C@H]2O[C@@H](OC(=O)c2cc(O)c(O)c(O)c2)[C@@H]3OC(=O)c2cc(O)c(O)c3c2[C@@H]2C1=CC(=O)[C@](O)(O3)C2(O)O. The summed E-state index contributed by atoms with van der Waals surface area (Å²) in [7, 11) is 0. The molecule has 24 N–H and O–H groups in total. The number of rotatable bonds is 11. The molecule has 0 unspecified atom stereocenters. The number of aromatic hydroxyl groups is 19. The number of carbonyl (C=O) groups excluding carboxylic acids is 9. The van der Waals surface area contributed by atoms with Crippen molar-refractivity contribution in [2.45, 2.75) is 78.9 Å². The number of ketones is 1. The van der Waals surface area contributed by atoms with Crippen LogP contribution in [0.3, 0.4) is 0 Å². The van der Waals surface area contributed by atoms with Crippen LogP contribution in [-0.4, -0.2) is 262 Å². The minimum atomic E-state index is -4.15. The molecule has 0 spiro atoms. The largest absolute Gasteiger partial charge is 0.504 e. The van der Waals surface area contributed by atoms with Crippen LogP contribution >= 0.6 is 0 Å². The summed E-state index contributed by atoms with van der Waals surface area (Å²) in [6, 6.07) is 4.00. The molecule has 0 aromatic heterocycles. The number of carbonyl (C=O) groups is 9. The predicted molar refractivity (Wildman–Crippen MR) is 343 cm³/mol. The first-order chi connectivity index (χ1) is 53.0. The van der Waals surface area contributed by atoms with E-state index >= 15 is 14.4 Å². The van der Waals surface area contributed by atoms with Crippen LogP contribution in [0.15, 0.2) is 72.3 Å². The molecule has 0 radical (unpaired) electrons. The van der Waals surface area contributed by atoms with E-state index in [2.05, 4.69) is 0 Å². The molecule has 5 aliphatic heterocycles. The van der Waals surface area contributed by atoms with Gasteiger partial charge in [-0.25, -0.2) is 38.4 Å². The summed E-state index contributed by atoms with van der Waals surface area (Å²) < 4.78 is 66.6. The Morgan fingerprint density at radius 1 is 0.442 bits per heavy atom. The molecule has 0 saturated carbocycles. The number of phenolic OH excluding ortho intramolecular Hbond substituents is 19. The normalized spacial score (nSPS) is 24.0. The van der Waals surface area contributed by atoms with Gasteiger partial charge in [0.2, 0.25) is 53.2 Å². The van der Waals surface area contributed by atoms with Crippen molar-refractivity contribution in [3.63, 3.8) is 0 Å². The predicted octanol–water partition coefficient (Wildman–Crippen LogP) is -0.978. The first-order valence-corrected chi connectivity index (χ1v) is 31.6. The van der Waals surface area contributed by atoms with E-state index in [1.54, 1.807) is 0 Å². The van der Waals surface area contributed by atoms with Gasteiger partial charge in [-0.15, -0.1) is 0 Å². The minimum absolute atomic E-state index is 0.157. The Hall–Kier alpha value is -14.8. The van der Waals surface area contributed by atoms with Gasteiger partial charge in [0.15, 0.2) is 116 Å². The summed E-state index contributed by atoms with van der Waals surface area (Å²) in [4.78, 5) is 130. The summed E-state index contributed by atoms with van der Waals surface area (Å²) in [5.74, 6) is -59.2. The fourth-order valence-electron chi connectivity index (χ4n) is 12.6. The molecule has 7 aromatic carbocycles. The quantitative estimate of drug-likeness (QED) is 0.0320. The first-order valence-electron chi connectivity index (χ1n) is 31.6. The molecule has 12 atom stereocenters. The molecule has 0 amide bonds. The van der Waals surface area contributed by atoms with Gasteiger partial charge in [-0.3, -0.25) is 4.79 Å². The van der Waals surface area contributed by atoms with Crippen molar-refractivity contribution in [3.05, 3.63) is 117 Å². The van der Waals surface area contributed by atoms with E-state index in [0.29, 0.717) is 42.5 Å². The molecule has 592 valence electrons. The van der Waals surface area contributed by atoms with E-state index in [-0.39, 0.29) is 24.3 Å². The van der Waals surface area contributed by atoms with Crippen molar-refractivity contribution in [2.24, 2.45) is 0 Å². The van der Waals surface area contributed by atoms with Gasteiger partial charge >= 0.3 is 53.5 Å². The van der Waals surface area contributed by atoms with E-state index in [1.807, 2.05) is 0 Å². The van der Waals surface area contributed by atoms with Crippen LogP contribution in [0, 0.1) is 0 Å². The number of benzene rings is 7. The van der Waals surface area contributed by atoms with Crippen LogP contribution in [-0.2, 0) is 57.0 Å². The van der Waals surface area contributed by atoms with Crippen molar-refractivity contribution < 1.29 is 223 Å². The van der Waals surface area contributed by atoms with Gasteiger partial charge < -0.3 is 179 Å². The minimum Gasteiger partial charge on any atom is -0.504 e. The first kappa shape index (κ1) is 76.4. The smallest absolute Gasteiger partial charge is 0.342 e. The molecule has 5 heterocycles. The number of cyclic esters (lactones) is 1. The maximum absolute atomic E-state index is 15.3. The number of aliphatic hydroxyl groups is 5. The number of hydrogen-bond donors (Lipinski definition) is 24. The zero-order chi connectivity index (χ0) is 82.3. The van der Waals surface area contributed by atoms with E-state index < -0.39 is 333 Å². The Kier molecular flexibility index (Phi) is 18.5. The molecular formula is C68H50O45. The zero-order valence-corrected chi connectivity index (χ0v) is 55.4. The van der Waals surface area contributed by atoms with Crippen LogP contribution < -0.4 is 9.47 Å². The maximum Gasteiger partial charge on any atom is 0.342 e. The summed E-state index contributed by atoms with van der Waals surface area (Å²) in [6.07, 6.45) is -26.1. The van der Waals surface area contributed by atoms with E-state index in [9.17, 15) is 151 Å². The molecule has 13 rings (SSSR count). The Labute approximate surface area is 620 Å². The molecule has 45 heteroatoms. The van der Waals surface area contributed by atoms with Crippen molar-refractivity contribution in [3.8, 4) is 138 Å². The number of phenols is 19. The van der Waals surface area contributed by atoms with Crippen LogP contribution in [0.4, 0.5) is 0 Å². The zero-order valence-electron chi connectivity index (χ0n) is 55.4. The third-order valence-electron chi connectivity index (χ3n) is 18.3. The fraction of sp³-hybridized carbons (Fsp3) is 0.221. The third kappa shape index (κ3) is 12.5. The standard InChI is InChI=1S/C68H50O45/c69-22-1-14(2-23(70)39(22)79)57(91)102-12-32-46(86)50(90)54(65(105-32)111-58(92)15-3-24(71)40(80)25(72)4-15)108-64(98)21-9-29(76)43(83)49(89)51(21)104-31-10-19-36(48(88)45(31)85)35-17(7-28(75)42(82)47(35)87)61(95)109-55-52-33(13-103-60(19)94)106-66(112-59(93)16-5-26(73)41(81)27(74)6-16)56(55)110-62(96)18-8-30(77)44(84)53-37(18)38-20(63(97)107-52)11-34(78)68(101,113-53)67(38,99)100/h1-11,32-33,38,46,50,52,54-56,65-66,69-77,79-90,99-101H,12-13H2/t32-,33-,38+,46-,50+,52-,54-,55+,56-,65+,66+,68+/m1/s1. The average molecular weight is 1590 g/mol. The Bertz CT molecular complexity index is 5320. The van der Waals surface area contributed by atoms with E-state index in [0.717, 1.165) is 0 Å². The maximum atomic E-state index is 15.3. The highest BCUT2D eigenvalue weighted by Gasteiger charge is 2.70. The highest BCUT2D eigenvalue weighted by Crippen LogP contribution is 2.60. The van der Waals surface area contributed by atoms with Crippen LogP contribution in [0.5, 0.6) is 126 Å². The summed E-state index contributed by atoms with van der Waals surface area (Å²) in [5, 5.41) is 262.